The quantitative estimate of drug-likeness (QED) is 0.537. The molecule has 2 aliphatic heterocycles. The van der Waals surface area contributed by atoms with E-state index in [9.17, 15) is 19.2 Å². The van der Waals surface area contributed by atoms with Crippen LogP contribution in [0.3, 0.4) is 0 Å². The first-order valence-corrected chi connectivity index (χ1v) is 11.6. The molecule has 10 heteroatoms. The van der Waals surface area contributed by atoms with Crippen LogP contribution in [-0.2, 0) is 23.9 Å². The Kier molecular flexibility index (Phi) is 12.9. The molecule has 0 N–H and O–H groups in total. The monoisotopic (exact) mass is 456 g/mol. The third kappa shape index (κ3) is 9.12. The molecule has 0 radical (unpaired) electrons. The van der Waals surface area contributed by atoms with Crippen LogP contribution in [0.5, 0.6) is 0 Å². The molecule has 0 bridgehead atoms. The molecule has 0 aromatic heterocycles. The van der Waals surface area contributed by atoms with Crippen molar-refractivity contribution in [1.29, 1.82) is 0 Å². The molecule has 2 fully saturated rings. The van der Waals surface area contributed by atoms with Crippen LogP contribution in [0.4, 0.5) is 4.79 Å². The molecule has 4 amide bonds. The molecule has 0 aromatic carbocycles. The van der Waals surface area contributed by atoms with E-state index in [-0.39, 0.29) is 49.6 Å². The van der Waals surface area contributed by atoms with E-state index in [1.807, 2.05) is 27.7 Å². The van der Waals surface area contributed by atoms with Crippen LogP contribution in [-0.4, -0.2) is 122 Å². The van der Waals surface area contributed by atoms with Crippen molar-refractivity contribution in [3.63, 3.8) is 0 Å². The van der Waals surface area contributed by atoms with Crippen LogP contribution in [0.2, 0.25) is 0 Å². The lowest BCUT2D eigenvalue weighted by atomic mass is 10.3. The van der Waals surface area contributed by atoms with Gasteiger partial charge >= 0.3 is 6.03 Å². The summed E-state index contributed by atoms with van der Waals surface area (Å²) >= 11 is 0. The van der Waals surface area contributed by atoms with Crippen molar-refractivity contribution in [2.75, 3.05) is 72.2 Å². The predicted octanol–water partition coefficient (Wildman–Crippen LogP) is 0.842. The first-order chi connectivity index (χ1) is 15.3. The summed E-state index contributed by atoms with van der Waals surface area (Å²) in [6.45, 7) is 13.0. The fraction of sp³-hybridized carbons (Fsp3) is 0.818. The summed E-state index contributed by atoms with van der Waals surface area (Å²) in [6, 6.07) is -0.0575. The molecule has 32 heavy (non-hydrogen) atoms. The molecule has 0 spiro atoms. The minimum atomic E-state index is -0.171. The van der Waals surface area contributed by atoms with Gasteiger partial charge in [-0.3, -0.25) is 14.4 Å². The molecule has 10 nitrogen and oxygen atoms in total. The molecule has 2 heterocycles. The Morgan fingerprint density at radius 3 is 1.53 bits per heavy atom. The van der Waals surface area contributed by atoms with Gasteiger partial charge in [0.05, 0.1) is 6.10 Å². The fourth-order valence-electron chi connectivity index (χ4n) is 3.29. The smallest absolute Gasteiger partial charge is 0.320 e. The van der Waals surface area contributed by atoms with Crippen LogP contribution in [0, 0.1) is 0 Å². The average Bonchev–Trinajstić information content (AvgIpc) is 2.83. The Hall–Kier alpha value is -2.20. The maximum atomic E-state index is 12.8. The zero-order chi connectivity index (χ0) is 24.1. The average molecular weight is 457 g/mol. The van der Waals surface area contributed by atoms with Crippen molar-refractivity contribution in [2.45, 2.75) is 47.1 Å². The van der Waals surface area contributed by atoms with Gasteiger partial charge in [0.15, 0.2) is 5.78 Å². The van der Waals surface area contributed by atoms with Gasteiger partial charge in [-0.05, 0) is 20.3 Å². The van der Waals surface area contributed by atoms with E-state index in [4.69, 9.17) is 9.47 Å². The van der Waals surface area contributed by atoms with Crippen molar-refractivity contribution in [3.05, 3.63) is 0 Å². The number of Topliss-reactive ketones (excluding diaryl/α,β-unsaturated/α-hetero) is 1. The lowest BCUT2D eigenvalue weighted by Gasteiger charge is -2.40. The van der Waals surface area contributed by atoms with Gasteiger partial charge in [0.2, 0.25) is 11.8 Å². The Balaban J connectivity index is 0.00000249. The van der Waals surface area contributed by atoms with E-state index < -0.39 is 0 Å². The van der Waals surface area contributed by atoms with E-state index in [0.29, 0.717) is 52.4 Å². The second kappa shape index (κ2) is 14.8. The highest BCUT2D eigenvalue weighted by atomic mass is 16.5. The Morgan fingerprint density at radius 2 is 1.12 bits per heavy atom. The Morgan fingerprint density at radius 1 is 0.719 bits per heavy atom. The highest BCUT2D eigenvalue weighted by Gasteiger charge is 2.30. The number of piperazine rings is 2. The van der Waals surface area contributed by atoms with Crippen molar-refractivity contribution >= 4 is 23.6 Å². The molecular formula is C22H40N4O6. The molecule has 2 aliphatic rings. The minimum absolute atomic E-state index is 0.0403. The first-order valence-electron chi connectivity index (χ1n) is 11.6. The summed E-state index contributed by atoms with van der Waals surface area (Å²) in [5, 5.41) is 0. The van der Waals surface area contributed by atoms with E-state index in [0.717, 1.165) is 6.42 Å². The highest BCUT2D eigenvalue weighted by Crippen LogP contribution is 2.10. The molecule has 0 aromatic rings. The van der Waals surface area contributed by atoms with Crippen molar-refractivity contribution in [2.24, 2.45) is 0 Å². The van der Waals surface area contributed by atoms with Gasteiger partial charge in [-0.1, -0.05) is 20.8 Å². The van der Waals surface area contributed by atoms with Gasteiger partial charge in [0, 0.05) is 52.4 Å². The van der Waals surface area contributed by atoms with E-state index in [2.05, 4.69) is 0 Å². The fourth-order valence-corrected chi connectivity index (χ4v) is 3.29. The molecular weight excluding hydrogens is 416 g/mol. The number of hydrogen-bond acceptors (Lipinski definition) is 6. The van der Waals surface area contributed by atoms with E-state index in [1.165, 1.54) is 6.92 Å². The standard InChI is InChI=1S/C20H34N4O6.C2H6/c1-4-17(3)30-15-19(27)22-7-11-24(12-8-22)20(28)23-9-5-21(6-10-23)18(26)14-29-13-16(2)25;1-2/h17H,4-15H2,1-3H3;1-2H3. The third-order valence-corrected chi connectivity index (χ3v) is 5.40. The van der Waals surface area contributed by atoms with Gasteiger partial charge in [0.25, 0.3) is 0 Å². The number of urea groups is 1. The predicted molar refractivity (Wildman–Crippen MR) is 120 cm³/mol. The van der Waals surface area contributed by atoms with Crippen LogP contribution >= 0.6 is 0 Å². The molecule has 2 saturated heterocycles. The zero-order valence-electron chi connectivity index (χ0n) is 20.3. The topological polar surface area (TPSA) is 99.7 Å². The van der Waals surface area contributed by atoms with Gasteiger partial charge < -0.3 is 29.1 Å². The summed E-state index contributed by atoms with van der Waals surface area (Å²) in [5.74, 6) is -0.334. The van der Waals surface area contributed by atoms with E-state index in [1.54, 1.807) is 19.6 Å². The second-order valence-corrected chi connectivity index (χ2v) is 7.74. The van der Waals surface area contributed by atoms with Crippen LogP contribution in [0.1, 0.15) is 41.0 Å². The SMILES string of the molecule is CC.CCC(C)OCC(=O)N1CCN(C(=O)N2CCN(C(=O)COCC(C)=O)CC2)CC1. The number of ketones is 1. The number of nitrogens with zero attached hydrogens (tertiary/aromatic N) is 4. The van der Waals surface area contributed by atoms with Gasteiger partial charge in [0.1, 0.15) is 19.8 Å². The van der Waals surface area contributed by atoms with Gasteiger partial charge in [-0.15, -0.1) is 0 Å². The molecule has 184 valence electrons. The maximum Gasteiger partial charge on any atom is 0.320 e. The van der Waals surface area contributed by atoms with Crippen LogP contribution < -0.4 is 0 Å². The number of hydrogen-bond donors (Lipinski definition) is 0. The lowest BCUT2D eigenvalue weighted by molar-refractivity contribution is -0.139. The largest absolute Gasteiger partial charge is 0.369 e. The summed E-state index contributed by atoms with van der Waals surface area (Å²) in [7, 11) is 0. The summed E-state index contributed by atoms with van der Waals surface area (Å²) in [6.07, 6.45) is 0.919. The van der Waals surface area contributed by atoms with Crippen molar-refractivity contribution in [1.82, 2.24) is 19.6 Å². The van der Waals surface area contributed by atoms with Crippen LogP contribution in [0.15, 0.2) is 0 Å². The van der Waals surface area contributed by atoms with Crippen molar-refractivity contribution < 1.29 is 28.7 Å². The summed E-state index contributed by atoms with van der Waals surface area (Å²) in [5.41, 5.74) is 0. The number of amides is 4. The van der Waals surface area contributed by atoms with Gasteiger partial charge in [-0.2, -0.15) is 0 Å². The lowest BCUT2D eigenvalue weighted by Crippen LogP contribution is -2.58. The third-order valence-electron chi connectivity index (χ3n) is 5.40. The minimum Gasteiger partial charge on any atom is -0.369 e. The summed E-state index contributed by atoms with van der Waals surface area (Å²) < 4.78 is 10.6. The maximum absolute atomic E-state index is 12.8. The number of ether oxygens (including phenoxy) is 2. The summed E-state index contributed by atoms with van der Waals surface area (Å²) in [4.78, 5) is 54.9. The normalized spacial score (nSPS) is 17.4. The molecule has 1 atom stereocenters. The Bertz CT molecular complexity index is 614. The molecule has 0 saturated carbocycles. The van der Waals surface area contributed by atoms with E-state index >= 15 is 0 Å². The highest BCUT2D eigenvalue weighted by molar-refractivity contribution is 5.80. The van der Waals surface area contributed by atoms with Crippen LogP contribution in [0.25, 0.3) is 0 Å². The molecule has 1 unspecified atom stereocenters. The molecule has 2 rings (SSSR count). The number of carbonyl (C=O) groups excluding carboxylic acids is 4. The number of carbonyl (C=O) groups is 4. The van der Waals surface area contributed by atoms with Crippen molar-refractivity contribution in [3.8, 4) is 0 Å². The van der Waals surface area contributed by atoms with Gasteiger partial charge in [-0.25, -0.2) is 4.79 Å². The number of rotatable bonds is 8. The second-order valence-electron chi connectivity index (χ2n) is 7.74. The zero-order valence-corrected chi connectivity index (χ0v) is 20.3. The first kappa shape index (κ1) is 27.8. The Labute approximate surface area is 191 Å². The molecule has 0 aliphatic carbocycles.